The highest BCUT2D eigenvalue weighted by Gasteiger charge is 2.31. The second-order valence-corrected chi connectivity index (χ2v) is 7.47. The Balaban J connectivity index is 1.57. The van der Waals surface area contributed by atoms with Crippen molar-refractivity contribution in [3.63, 3.8) is 0 Å². The number of nitrogens with zero attached hydrogens (tertiary/aromatic N) is 6. The van der Waals surface area contributed by atoms with E-state index in [-0.39, 0.29) is 0 Å². The van der Waals surface area contributed by atoms with Crippen LogP contribution in [0.4, 0.5) is 5.82 Å². The molecule has 0 spiro atoms. The Hall–Kier alpha value is -3.02. The number of pyridine rings is 1. The van der Waals surface area contributed by atoms with Crippen LogP contribution in [-0.4, -0.2) is 37.7 Å². The summed E-state index contributed by atoms with van der Waals surface area (Å²) in [6.45, 7) is 6.29. The van der Waals surface area contributed by atoms with Gasteiger partial charge in [0.1, 0.15) is 12.1 Å². The summed E-state index contributed by atoms with van der Waals surface area (Å²) in [6, 6.07) is 12.7. The van der Waals surface area contributed by atoms with Crippen LogP contribution in [0, 0.1) is 12.8 Å². The standard InChI is InChI=1S/C21H22N6/c1-14-8-10-26(20-17-6-4-3-5-16(17)7-9-22-20)12-18(14)19-11-15(2)25-21-23-13-24-27(19)21/h3-7,9,11,13-14,18H,8,10,12H2,1-2H3/t14-,18?/m1/s1. The molecule has 5 rings (SSSR count). The lowest BCUT2D eigenvalue weighted by molar-refractivity contribution is 0.368. The Labute approximate surface area is 157 Å². The maximum Gasteiger partial charge on any atom is 0.252 e. The minimum Gasteiger partial charge on any atom is -0.355 e. The first-order valence-electron chi connectivity index (χ1n) is 9.46. The number of aromatic nitrogens is 5. The van der Waals surface area contributed by atoms with Gasteiger partial charge in [0, 0.05) is 36.3 Å². The molecule has 0 aliphatic carbocycles. The van der Waals surface area contributed by atoms with Crippen LogP contribution in [0.1, 0.15) is 30.7 Å². The van der Waals surface area contributed by atoms with Crippen molar-refractivity contribution in [3.05, 3.63) is 60.3 Å². The van der Waals surface area contributed by atoms with Crippen molar-refractivity contribution in [2.75, 3.05) is 18.0 Å². The van der Waals surface area contributed by atoms with Gasteiger partial charge in [0.2, 0.25) is 0 Å². The van der Waals surface area contributed by atoms with Crippen molar-refractivity contribution < 1.29 is 0 Å². The molecule has 1 unspecified atom stereocenters. The van der Waals surface area contributed by atoms with Crippen LogP contribution in [-0.2, 0) is 0 Å². The zero-order chi connectivity index (χ0) is 18.4. The highest BCUT2D eigenvalue weighted by molar-refractivity contribution is 5.92. The first-order valence-corrected chi connectivity index (χ1v) is 9.46. The van der Waals surface area contributed by atoms with E-state index < -0.39 is 0 Å². The average Bonchev–Trinajstić information content (AvgIpc) is 3.16. The number of piperidine rings is 1. The minimum atomic E-state index is 0.352. The molecule has 6 nitrogen and oxygen atoms in total. The van der Waals surface area contributed by atoms with Crippen LogP contribution >= 0.6 is 0 Å². The predicted octanol–water partition coefficient (Wildman–Crippen LogP) is 3.61. The first-order chi connectivity index (χ1) is 13.2. The monoisotopic (exact) mass is 358 g/mol. The van der Waals surface area contributed by atoms with Gasteiger partial charge in [-0.3, -0.25) is 0 Å². The Kier molecular flexibility index (Phi) is 3.77. The molecule has 1 aliphatic heterocycles. The third-order valence-electron chi connectivity index (χ3n) is 5.70. The van der Waals surface area contributed by atoms with Crippen LogP contribution in [0.15, 0.2) is 48.9 Å². The molecule has 0 N–H and O–H groups in total. The van der Waals surface area contributed by atoms with Crippen LogP contribution in [0.5, 0.6) is 0 Å². The number of benzene rings is 1. The predicted molar refractivity (Wildman–Crippen MR) is 106 cm³/mol. The Morgan fingerprint density at radius 1 is 1.11 bits per heavy atom. The molecular formula is C21H22N6. The molecule has 0 radical (unpaired) electrons. The smallest absolute Gasteiger partial charge is 0.252 e. The maximum absolute atomic E-state index is 4.73. The molecule has 1 aromatic carbocycles. The number of rotatable bonds is 2. The zero-order valence-corrected chi connectivity index (χ0v) is 15.6. The van der Waals surface area contributed by atoms with E-state index in [1.54, 1.807) is 6.33 Å². The van der Waals surface area contributed by atoms with Crippen molar-refractivity contribution in [2.45, 2.75) is 26.2 Å². The molecular weight excluding hydrogens is 336 g/mol. The van der Waals surface area contributed by atoms with Gasteiger partial charge in [-0.1, -0.05) is 31.2 Å². The van der Waals surface area contributed by atoms with Crippen molar-refractivity contribution in [1.82, 2.24) is 24.6 Å². The van der Waals surface area contributed by atoms with Gasteiger partial charge >= 0.3 is 0 Å². The van der Waals surface area contributed by atoms with Crippen LogP contribution in [0.3, 0.4) is 0 Å². The minimum absolute atomic E-state index is 0.352. The fourth-order valence-corrected chi connectivity index (χ4v) is 4.23. The van der Waals surface area contributed by atoms with Crippen molar-refractivity contribution in [2.24, 2.45) is 5.92 Å². The molecule has 4 aromatic rings. The number of hydrogen-bond donors (Lipinski definition) is 0. The fourth-order valence-electron chi connectivity index (χ4n) is 4.23. The third-order valence-corrected chi connectivity index (χ3v) is 5.70. The number of aryl methyl sites for hydroxylation is 1. The molecule has 0 amide bonds. The van der Waals surface area contributed by atoms with Crippen molar-refractivity contribution in [1.29, 1.82) is 0 Å². The van der Waals surface area contributed by atoms with E-state index in [4.69, 9.17) is 4.98 Å². The summed E-state index contributed by atoms with van der Waals surface area (Å²) < 4.78 is 1.90. The first kappa shape index (κ1) is 16.2. The SMILES string of the molecule is Cc1cc(C2CN(c3nccc4ccccc34)CC[C@H]2C)n2ncnc2n1. The molecule has 4 heterocycles. The number of fused-ring (bicyclic) bond motifs is 2. The fraction of sp³-hybridized carbons (Fsp3) is 0.333. The van der Waals surface area contributed by atoms with Gasteiger partial charge in [0.25, 0.3) is 5.78 Å². The second-order valence-electron chi connectivity index (χ2n) is 7.47. The third kappa shape index (κ3) is 2.72. The lowest BCUT2D eigenvalue weighted by atomic mass is 9.84. The normalized spacial score (nSPS) is 20.4. The number of hydrogen-bond acceptors (Lipinski definition) is 5. The summed E-state index contributed by atoms with van der Waals surface area (Å²) >= 11 is 0. The van der Waals surface area contributed by atoms with Gasteiger partial charge < -0.3 is 4.90 Å². The van der Waals surface area contributed by atoms with E-state index in [1.165, 1.54) is 16.5 Å². The van der Waals surface area contributed by atoms with Gasteiger partial charge in [-0.05, 0) is 36.8 Å². The molecule has 3 aromatic heterocycles. The molecule has 0 bridgehead atoms. The topological polar surface area (TPSA) is 59.2 Å². The van der Waals surface area contributed by atoms with Gasteiger partial charge in [0.05, 0.1) is 5.69 Å². The number of anilines is 1. The quantitative estimate of drug-likeness (QED) is 0.548. The highest BCUT2D eigenvalue weighted by Crippen LogP contribution is 2.35. The zero-order valence-electron chi connectivity index (χ0n) is 15.6. The summed E-state index contributed by atoms with van der Waals surface area (Å²) in [6.07, 6.45) is 4.62. The van der Waals surface area contributed by atoms with Crippen molar-refractivity contribution in [3.8, 4) is 0 Å². The average molecular weight is 358 g/mol. The van der Waals surface area contributed by atoms with Gasteiger partial charge in [-0.2, -0.15) is 10.1 Å². The summed E-state index contributed by atoms with van der Waals surface area (Å²) in [7, 11) is 0. The van der Waals surface area contributed by atoms with E-state index >= 15 is 0 Å². The molecule has 0 saturated carbocycles. The Morgan fingerprint density at radius 3 is 2.93 bits per heavy atom. The molecule has 1 fully saturated rings. The van der Waals surface area contributed by atoms with E-state index in [9.17, 15) is 0 Å². The summed E-state index contributed by atoms with van der Waals surface area (Å²) in [4.78, 5) is 15.9. The summed E-state index contributed by atoms with van der Waals surface area (Å²) in [5.74, 6) is 2.67. The lowest BCUT2D eigenvalue weighted by Gasteiger charge is -2.38. The van der Waals surface area contributed by atoms with Gasteiger partial charge in [0.15, 0.2) is 0 Å². The summed E-state index contributed by atoms with van der Waals surface area (Å²) in [5.41, 5.74) is 2.17. The van der Waals surface area contributed by atoms with E-state index in [2.05, 4.69) is 63.3 Å². The van der Waals surface area contributed by atoms with E-state index in [0.717, 1.165) is 31.0 Å². The van der Waals surface area contributed by atoms with Crippen LogP contribution in [0.2, 0.25) is 0 Å². The Morgan fingerprint density at radius 2 is 2.00 bits per heavy atom. The molecule has 6 heteroatoms. The second kappa shape index (κ2) is 6.30. The van der Waals surface area contributed by atoms with Crippen LogP contribution in [0.25, 0.3) is 16.6 Å². The summed E-state index contributed by atoms with van der Waals surface area (Å²) in [5, 5.41) is 6.87. The molecule has 27 heavy (non-hydrogen) atoms. The Bertz CT molecular complexity index is 1110. The largest absolute Gasteiger partial charge is 0.355 e. The van der Waals surface area contributed by atoms with Gasteiger partial charge in [-0.15, -0.1) is 0 Å². The van der Waals surface area contributed by atoms with E-state index in [1.807, 2.05) is 17.6 Å². The molecule has 1 aliphatic rings. The maximum atomic E-state index is 4.73. The molecule has 1 saturated heterocycles. The van der Waals surface area contributed by atoms with E-state index in [0.29, 0.717) is 17.6 Å². The van der Waals surface area contributed by atoms with Gasteiger partial charge in [-0.25, -0.2) is 14.5 Å². The molecule has 136 valence electrons. The lowest BCUT2D eigenvalue weighted by Crippen LogP contribution is -2.39. The van der Waals surface area contributed by atoms with Crippen molar-refractivity contribution >= 4 is 22.4 Å². The van der Waals surface area contributed by atoms with Crippen LogP contribution < -0.4 is 4.90 Å². The molecule has 2 atom stereocenters. The highest BCUT2D eigenvalue weighted by atomic mass is 15.3.